The van der Waals surface area contributed by atoms with Crippen LogP contribution in [-0.4, -0.2) is 32.1 Å². The molecule has 2 aromatic rings. The fourth-order valence-corrected chi connectivity index (χ4v) is 3.33. The Kier molecular flexibility index (Phi) is 3.58. The van der Waals surface area contributed by atoms with E-state index in [0.29, 0.717) is 12.0 Å². The molecule has 3 heteroatoms. The molecule has 0 saturated carbocycles. The van der Waals surface area contributed by atoms with E-state index in [0.717, 1.165) is 18.7 Å². The normalized spacial score (nSPS) is 21.9. The van der Waals surface area contributed by atoms with Gasteiger partial charge in [-0.25, -0.2) is 0 Å². The summed E-state index contributed by atoms with van der Waals surface area (Å²) >= 11 is 0. The largest absolute Gasteiger partial charge is 0.464 e. The number of hydrogen-bond acceptors (Lipinski definition) is 3. The van der Waals surface area contributed by atoms with Crippen molar-refractivity contribution in [3.63, 3.8) is 0 Å². The number of nitrogens with one attached hydrogen (secondary N) is 1. The van der Waals surface area contributed by atoms with Crippen LogP contribution in [0.5, 0.6) is 0 Å². The summed E-state index contributed by atoms with van der Waals surface area (Å²) in [5, 5.41) is 4.78. The maximum Gasteiger partial charge on any atom is 0.134 e. The van der Waals surface area contributed by atoms with Gasteiger partial charge in [-0.05, 0) is 52.0 Å². The summed E-state index contributed by atoms with van der Waals surface area (Å²) in [7, 11) is 4.34. The number of hydrogen-bond donors (Lipinski definition) is 1. The van der Waals surface area contributed by atoms with Crippen LogP contribution in [0.15, 0.2) is 34.9 Å². The molecule has 102 valence electrons. The predicted molar refractivity (Wildman–Crippen MR) is 78.2 cm³/mol. The third kappa shape index (κ3) is 2.40. The number of para-hydroxylation sites is 1. The Morgan fingerprint density at radius 1 is 1.32 bits per heavy atom. The average molecular weight is 258 g/mol. The molecule has 3 nitrogen and oxygen atoms in total. The topological polar surface area (TPSA) is 28.4 Å². The van der Waals surface area contributed by atoms with E-state index in [-0.39, 0.29) is 0 Å². The summed E-state index contributed by atoms with van der Waals surface area (Å²) in [4.78, 5) is 2.33. The summed E-state index contributed by atoms with van der Waals surface area (Å²) < 4.78 is 5.72. The smallest absolute Gasteiger partial charge is 0.134 e. The van der Waals surface area contributed by atoms with Gasteiger partial charge in [-0.3, -0.25) is 0 Å². The molecule has 1 fully saturated rings. The van der Waals surface area contributed by atoms with Gasteiger partial charge in [0.25, 0.3) is 0 Å². The molecule has 1 aromatic carbocycles. The molecule has 0 bridgehead atoms. The Hall–Kier alpha value is -1.32. The summed E-state index contributed by atoms with van der Waals surface area (Å²) in [6.07, 6.45) is 4.50. The fraction of sp³-hybridized carbons (Fsp3) is 0.500. The zero-order chi connectivity index (χ0) is 13.2. The van der Waals surface area contributed by atoms with Crippen LogP contribution >= 0.6 is 0 Å². The average Bonchev–Trinajstić information content (AvgIpc) is 2.84. The first-order valence-electron chi connectivity index (χ1n) is 7.10. The lowest BCUT2D eigenvalue weighted by molar-refractivity contribution is 0.181. The zero-order valence-corrected chi connectivity index (χ0v) is 11.7. The summed E-state index contributed by atoms with van der Waals surface area (Å²) in [6.45, 7) is 2.26. The van der Waals surface area contributed by atoms with E-state index in [2.05, 4.69) is 36.4 Å². The lowest BCUT2D eigenvalue weighted by Crippen LogP contribution is -2.38. The Bertz CT molecular complexity index is 540. The van der Waals surface area contributed by atoms with E-state index >= 15 is 0 Å². The van der Waals surface area contributed by atoms with Crippen LogP contribution < -0.4 is 5.32 Å². The van der Waals surface area contributed by atoms with Crippen molar-refractivity contribution in [1.29, 1.82) is 0 Å². The molecule has 0 spiro atoms. The van der Waals surface area contributed by atoms with Crippen molar-refractivity contribution >= 4 is 11.0 Å². The summed E-state index contributed by atoms with van der Waals surface area (Å²) in [5.74, 6) is 0.657. The number of nitrogens with zero attached hydrogens (tertiary/aromatic N) is 1. The maximum atomic E-state index is 5.72. The van der Waals surface area contributed by atoms with Crippen LogP contribution in [-0.2, 0) is 0 Å². The Morgan fingerprint density at radius 2 is 2.16 bits per heavy atom. The summed E-state index contributed by atoms with van der Waals surface area (Å²) in [6, 6.07) is 8.76. The highest BCUT2D eigenvalue weighted by Gasteiger charge is 2.29. The van der Waals surface area contributed by atoms with Crippen molar-refractivity contribution in [3.8, 4) is 0 Å². The Morgan fingerprint density at radius 3 is 2.89 bits per heavy atom. The van der Waals surface area contributed by atoms with Gasteiger partial charge >= 0.3 is 0 Å². The van der Waals surface area contributed by atoms with Gasteiger partial charge in [-0.15, -0.1) is 0 Å². The highest BCUT2D eigenvalue weighted by Crippen LogP contribution is 2.36. The van der Waals surface area contributed by atoms with Crippen molar-refractivity contribution in [3.05, 3.63) is 36.1 Å². The number of piperidine rings is 1. The van der Waals surface area contributed by atoms with Crippen LogP contribution in [0.4, 0.5) is 0 Å². The minimum absolute atomic E-state index is 0.427. The molecular formula is C16H22N2O. The standard InChI is InChI=1S/C16H22N2O/c1-18(2)16(12-6-5-9-17-10-12)14-11-19-15-8-4-3-7-13(14)15/h3-4,7-8,11-12,16-17H,5-6,9-10H2,1-2H3. The van der Waals surface area contributed by atoms with Crippen molar-refractivity contribution in [2.45, 2.75) is 18.9 Å². The number of fused-ring (bicyclic) bond motifs is 1. The first-order chi connectivity index (χ1) is 9.27. The van der Waals surface area contributed by atoms with Crippen molar-refractivity contribution in [2.75, 3.05) is 27.2 Å². The summed E-state index contributed by atoms with van der Waals surface area (Å²) in [5.41, 5.74) is 2.32. The molecule has 2 atom stereocenters. The van der Waals surface area contributed by atoms with Gasteiger partial charge in [-0.2, -0.15) is 0 Å². The molecule has 2 unspecified atom stereocenters. The maximum absolute atomic E-state index is 5.72. The molecule has 1 aliphatic heterocycles. The highest BCUT2D eigenvalue weighted by molar-refractivity contribution is 5.81. The SMILES string of the molecule is CN(C)C(c1coc2ccccc12)C1CCCNC1. The zero-order valence-electron chi connectivity index (χ0n) is 11.7. The number of furan rings is 1. The first-order valence-corrected chi connectivity index (χ1v) is 7.10. The molecule has 1 aromatic heterocycles. The first kappa shape index (κ1) is 12.7. The van der Waals surface area contributed by atoms with Crippen LogP contribution in [0.2, 0.25) is 0 Å². The van der Waals surface area contributed by atoms with E-state index in [1.54, 1.807) is 0 Å². The molecule has 1 N–H and O–H groups in total. The van der Waals surface area contributed by atoms with E-state index in [1.165, 1.54) is 23.8 Å². The molecule has 0 amide bonds. The van der Waals surface area contributed by atoms with E-state index < -0.39 is 0 Å². The van der Waals surface area contributed by atoms with Crippen molar-refractivity contribution < 1.29 is 4.42 Å². The highest BCUT2D eigenvalue weighted by atomic mass is 16.3. The van der Waals surface area contributed by atoms with Gasteiger partial charge in [0.05, 0.1) is 6.26 Å². The second kappa shape index (κ2) is 5.35. The van der Waals surface area contributed by atoms with Gasteiger partial charge in [0.15, 0.2) is 0 Å². The second-order valence-electron chi connectivity index (χ2n) is 5.70. The van der Waals surface area contributed by atoms with Crippen molar-refractivity contribution in [1.82, 2.24) is 10.2 Å². The molecule has 1 aliphatic rings. The monoisotopic (exact) mass is 258 g/mol. The fourth-order valence-electron chi connectivity index (χ4n) is 3.33. The van der Waals surface area contributed by atoms with Gasteiger partial charge in [0.1, 0.15) is 5.58 Å². The third-order valence-corrected chi connectivity index (χ3v) is 4.17. The van der Waals surface area contributed by atoms with Gasteiger partial charge in [0, 0.05) is 17.0 Å². The van der Waals surface area contributed by atoms with E-state index in [9.17, 15) is 0 Å². The predicted octanol–water partition coefficient (Wildman–Crippen LogP) is 3.04. The molecule has 0 radical (unpaired) electrons. The minimum Gasteiger partial charge on any atom is -0.464 e. The van der Waals surface area contributed by atoms with E-state index in [1.807, 2.05) is 18.4 Å². The Labute approximate surface area is 114 Å². The molecule has 19 heavy (non-hydrogen) atoms. The lowest BCUT2D eigenvalue weighted by atomic mass is 9.86. The van der Waals surface area contributed by atoms with Gasteiger partial charge in [0.2, 0.25) is 0 Å². The van der Waals surface area contributed by atoms with Gasteiger partial charge in [-0.1, -0.05) is 18.2 Å². The molecular weight excluding hydrogens is 236 g/mol. The molecule has 3 rings (SSSR count). The van der Waals surface area contributed by atoms with Crippen molar-refractivity contribution in [2.24, 2.45) is 5.92 Å². The second-order valence-corrected chi connectivity index (χ2v) is 5.70. The molecule has 0 aliphatic carbocycles. The molecule has 1 saturated heterocycles. The quantitative estimate of drug-likeness (QED) is 0.917. The Balaban J connectivity index is 1.99. The van der Waals surface area contributed by atoms with Gasteiger partial charge < -0.3 is 14.6 Å². The lowest BCUT2D eigenvalue weighted by Gasteiger charge is -2.34. The van der Waals surface area contributed by atoms with Crippen LogP contribution in [0.25, 0.3) is 11.0 Å². The number of rotatable bonds is 3. The number of benzene rings is 1. The molecule has 2 heterocycles. The third-order valence-electron chi connectivity index (χ3n) is 4.17. The minimum atomic E-state index is 0.427. The van der Waals surface area contributed by atoms with Crippen LogP contribution in [0.3, 0.4) is 0 Å². The van der Waals surface area contributed by atoms with E-state index in [4.69, 9.17) is 4.42 Å². The van der Waals surface area contributed by atoms with Crippen LogP contribution in [0, 0.1) is 5.92 Å². The van der Waals surface area contributed by atoms with Crippen LogP contribution in [0.1, 0.15) is 24.4 Å².